The largest absolute Gasteiger partial charge is 0.396 e. The first-order chi connectivity index (χ1) is 7.27. The summed E-state index contributed by atoms with van der Waals surface area (Å²) in [5, 5.41) is 14.8. The van der Waals surface area contributed by atoms with Crippen LogP contribution in [-0.2, 0) is 9.53 Å². The van der Waals surface area contributed by atoms with Gasteiger partial charge in [0.25, 0.3) is 0 Å². The van der Waals surface area contributed by atoms with Crippen LogP contribution in [0.3, 0.4) is 0 Å². The Morgan fingerprint density at radius 2 is 2.60 bits per heavy atom. The van der Waals surface area contributed by atoms with Gasteiger partial charge < -0.3 is 15.2 Å². The summed E-state index contributed by atoms with van der Waals surface area (Å²) in [6, 6.07) is -0.201. The van der Waals surface area contributed by atoms with E-state index in [9.17, 15) is 4.79 Å². The number of carbonyl (C=O) groups excluding carboxylic acids is 1. The minimum Gasteiger partial charge on any atom is -0.396 e. The van der Waals surface area contributed by atoms with E-state index in [4.69, 9.17) is 9.84 Å². The third-order valence-electron chi connectivity index (χ3n) is 2.22. The Bertz CT molecular complexity index is 192. The van der Waals surface area contributed by atoms with E-state index in [-0.39, 0.29) is 24.6 Å². The molecule has 0 aromatic rings. The van der Waals surface area contributed by atoms with Crippen molar-refractivity contribution in [1.82, 2.24) is 10.6 Å². The van der Waals surface area contributed by atoms with Crippen LogP contribution in [0.4, 0.5) is 0 Å². The summed E-state index contributed by atoms with van der Waals surface area (Å²) in [7, 11) is 1.58. The zero-order valence-electron chi connectivity index (χ0n) is 8.86. The van der Waals surface area contributed by atoms with Gasteiger partial charge in [-0.15, -0.1) is 11.8 Å². The van der Waals surface area contributed by atoms with E-state index in [1.165, 1.54) is 0 Å². The van der Waals surface area contributed by atoms with Gasteiger partial charge in [0.05, 0.1) is 18.7 Å². The molecule has 1 amide bonds. The van der Waals surface area contributed by atoms with Crippen LogP contribution in [-0.4, -0.2) is 55.1 Å². The molecule has 1 aliphatic rings. The van der Waals surface area contributed by atoms with E-state index in [0.29, 0.717) is 13.0 Å². The third-order valence-corrected chi connectivity index (χ3v) is 3.16. The van der Waals surface area contributed by atoms with Crippen molar-refractivity contribution < 1.29 is 14.6 Å². The molecule has 0 spiro atoms. The molecule has 0 aromatic carbocycles. The lowest BCUT2D eigenvalue weighted by molar-refractivity contribution is -0.123. The molecule has 2 unspecified atom stereocenters. The fourth-order valence-electron chi connectivity index (χ4n) is 1.42. The zero-order valence-corrected chi connectivity index (χ0v) is 9.68. The van der Waals surface area contributed by atoms with Gasteiger partial charge in [0, 0.05) is 25.3 Å². The highest BCUT2D eigenvalue weighted by atomic mass is 32.2. The number of carbonyl (C=O) groups is 1. The number of nitrogens with one attached hydrogen (secondary N) is 2. The SMILES string of the molecule is COCC(CCO)NC(=O)C1CSCN1. The second-order valence-corrected chi connectivity index (χ2v) is 4.48. The van der Waals surface area contributed by atoms with Gasteiger partial charge in [0.15, 0.2) is 0 Å². The molecule has 0 aromatic heterocycles. The Hall–Kier alpha value is -0.300. The van der Waals surface area contributed by atoms with Gasteiger partial charge in [-0.1, -0.05) is 0 Å². The summed E-state index contributed by atoms with van der Waals surface area (Å²) < 4.78 is 4.97. The normalized spacial score (nSPS) is 22.7. The Morgan fingerprint density at radius 1 is 1.80 bits per heavy atom. The molecule has 2 atom stereocenters. The lowest BCUT2D eigenvalue weighted by Gasteiger charge is -2.19. The van der Waals surface area contributed by atoms with Crippen LogP contribution in [0.1, 0.15) is 6.42 Å². The first kappa shape index (κ1) is 12.8. The fraction of sp³-hybridized carbons (Fsp3) is 0.889. The van der Waals surface area contributed by atoms with E-state index in [1.54, 1.807) is 18.9 Å². The Morgan fingerprint density at radius 3 is 3.13 bits per heavy atom. The van der Waals surface area contributed by atoms with E-state index in [0.717, 1.165) is 11.6 Å². The van der Waals surface area contributed by atoms with Crippen LogP contribution in [0.25, 0.3) is 0 Å². The highest BCUT2D eigenvalue weighted by molar-refractivity contribution is 7.99. The molecular weight excluding hydrogens is 216 g/mol. The standard InChI is InChI=1S/C9H18N2O3S/c1-14-4-7(2-3-12)11-9(13)8-5-15-6-10-8/h7-8,10,12H,2-6H2,1H3,(H,11,13). The van der Waals surface area contributed by atoms with Crippen molar-refractivity contribution in [3.8, 4) is 0 Å². The minimum absolute atomic E-state index is 0.00417. The van der Waals surface area contributed by atoms with Gasteiger partial charge in [-0.05, 0) is 6.42 Å². The van der Waals surface area contributed by atoms with Crippen molar-refractivity contribution in [2.45, 2.75) is 18.5 Å². The molecule has 1 aliphatic heterocycles. The second kappa shape index (κ2) is 7.05. The second-order valence-electron chi connectivity index (χ2n) is 3.44. The first-order valence-electron chi connectivity index (χ1n) is 4.99. The predicted molar refractivity (Wildman–Crippen MR) is 59.8 cm³/mol. The summed E-state index contributed by atoms with van der Waals surface area (Å²) in [6.45, 7) is 0.493. The lowest BCUT2D eigenvalue weighted by atomic mass is 10.2. The average molecular weight is 234 g/mol. The number of thioether (sulfide) groups is 1. The molecule has 1 heterocycles. The Balaban J connectivity index is 2.31. The van der Waals surface area contributed by atoms with E-state index >= 15 is 0 Å². The Labute approximate surface area is 93.9 Å². The number of ether oxygens (including phenoxy) is 1. The van der Waals surface area contributed by atoms with Gasteiger partial charge in [0.2, 0.25) is 5.91 Å². The smallest absolute Gasteiger partial charge is 0.238 e. The van der Waals surface area contributed by atoms with Crippen LogP contribution in [0.2, 0.25) is 0 Å². The van der Waals surface area contributed by atoms with Crippen molar-refractivity contribution in [2.24, 2.45) is 0 Å². The van der Waals surface area contributed by atoms with Crippen LogP contribution in [0, 0.1) is 0 Å². The number of hydrogen-bond donors (Lipinski definition) is 3. The van der Waals surface area contributed by atoms with Crippen molar-refractivity contribution in [1.29, 1.82) is 0 Å². The van der Waals surface area contributed by atoms with Crippen molar-refractivity contribution in [3.63, 3.8) is 0 Å². The molecule has 0 saturated carbocycles. The monoisotopic (exact) mass is 234 g/mol. The van der Waals surface area contributed by atoms with E-state index in [2.05, 4.69) is 10.6 Å². The molecule has 1 saturated heterocycles. The molecule has 1 fully saturated rings. The van der Waals surface area contributed by atoms with Gasteiger partial charge >= 0.3 is 0 Å². The molecule has 88 valence electrons. The fourth-order valence-corrected chi connectivity index (χ4v) is 2.36. The topological polar surface area (TPSA) is 70.6 Å². The molecular formula is C9H18N2O3S. The summed E-state index contributed by atoms with van der Waals surface area (Å²) in [4.78, 5) is 11.7. The number of methoxy groups -OCH3 is 1. The predicted octanol–water partition coefficient (Wildman–Crippen LogP) is -0.837. The summed E-state index contributed by atoms with van der Waals surface area (Å²) in [5.74, 6) is 1.63. The molecule has 5 nitrogen and oxygen atoms in total. The zero-order chi connectivity index (χ0) is 11.1. The minimum atomic E-state index is -0.104. The van der Waals surface area contributed by atoms with Crippen molar-refractivity contribution in [2.75, 3.05) is 32.0 Å². The quantitative estimate of drug-likeness (QED) is 0.559. The lowest BCUT2D eigenvalue weighted by Crippen LogP contribution is -2.48. The number of aliphatic hydroxyl groups excluding tert-OH is 1. The number of rotatable bonds is 6. The van der Waals surface area contributed by atoms with Gasteiger partial charge in [0.1, 0.15) is 0 Å². The van der Waals surface area contributed by atoms with Crippen LogP contribution >= 0.6 is 11.8 Å². The molecule has 15 heavy (non-hydrogen) atoms. The number of hydrogen-bond acceptors (Lipinski definition) is 5. The summed E-state index contributed by atoms with van der Waals surface area (Å²) in [6.07, 6.45) is 0.527. The molecule has 0 aliphatic carbocycles. The summed E-state index contributed by atoms with van der Waals surface area (Å²) in [5.41, 5.74) is 0. The van der Waals surface area contributed by atoms with Gasteiger partial charge in [-0.2, -0.15) is 0 Å². The van der Waals surface area contributed by atoms with Crippen LogP contribution in [0.15, 0.2) is 0 Å². The molecule has 0 bridgehead atoms. The molecule has 3 N–H and O–H groups in total. The number of aliphatic hydroxyl groups is 1. The van der Waals surface area contributed by atoms with Crippen LogP contribution < -0.4 is 10.6 Å². The Kier molecular flexibility index (Phi) is 6.00. The van der Waals surface area contributed by atoms with E-state index in [1.807, 2.05) is 0 Å². The van der Waals surface area contributed by atoms with Gasteiger partial charge in [-0.3, -0.25) is 10.1 Å². The highest BCUT2D eigenvalue weighted by Crippen LogP contribution is 2.09. The maximum Gasteiger partial charge on any atom is 0.238 e. The maximum atomic E-state index is 11.7. The molecule has 6 heteroatoms. The van der Waals surface area contributed by atoms with E-state index < -0.39 is 0 Å². The third kappa shape index (κ3) is 4.38. The van der Waals surface area contributed by atoms with Crippen molar-refractivity contribution in [3.05, 3.63) is 0 Å². The average Bonchev–Trinajstić information content (AvgIpc) is 2.71. The molecule has 1 rings (SSSR count). The van der Waals surface area contributed by atoms with Crippen LogP contribution in [0.5, 0.6) is 0 Å². The maximum absolute atomic E-state index is 11.7. The molecule has 0 radical (unpaired) electrons. The first-order valence-corrected chi connectivity index (χ1v) is 6.14. The number of amides is 1. The van der Waals surface area contributed by atoms with Gasteiger partial charge in [-0.25, -0.2) is 0 Å². The summed E-state index contributed by atoms with van der Waals surface area (Å²) >= 11 is 1.71. The highest BCUT2D eigenvalue weighted by Gasteiger charge is 2.24. The van der Waals surface area contributed by atoms with Crippen molar-refractivity contribution >= 4 is 17.7 Å².